The molecule has 0 bridgehead atoms. The van der Waals surface area contributed by atoms with Crippen molar-refractivity contribution in [3.8, 4) is 0 Å². The summed E-state index contributed by atoms with van der Waals surface area (Å²) in [6.45, 7) is 4.17. The van der Waals surface area contributed by atoms with Gasteiger partial charge in [0.2, 0.25) is 0 Å². The molecule has 0 saturated carbocycles. The van der Waals surface area contributed by atoms with Crippen LogP contribution in [0.3, 0.4) is 0 Å². The van der Waals surface area contributed by atoms with Gasteiger partial charge in [-0.3, -0.25) is 0 Å². The summed E-state index contributed by atoms with van der Waals surface area (Å²) < 4.78 is 39.9. The Morgan fingerprint density at radius 3 is 2.00 bits per heavy atom. The predicted molar refractivity (Wildman–Crippen MR) is 55.0 cm³/mol. The van der Waals surface area contributed by atoms with Crippen molar-refractivity contribution in [1.82, 2.24) is 0 Å². The molecule has 0 aromatic heterocycles. The van der Waals surface area contributed by atoms with Crippen LogP contribution in [-0.4, -0.2) is 18.1 Å². The summed E-state index contributed by atoms with van der Waals surface area (Å²) >= 11 is 0. The van der Waals surface area contributed by atoms with E-state index in [1.807, 2.05) is 0 Å². The highest BCUT2D eigenvalue weighted by Gasteiger charge is 2.26. The minimum absolute atomic E-state index is 0.210. The Morgan fingerprint density at radius 1 is 1.12 bits per heavy atom. The zero-order chi connectivity index (χ0) is 13.6. The number of hydrogen-bond acceptors (Lipinski definition) is 3. The fourth-order valence-corrected chi connectivity index (χ4v) is 0.715. The fraction of sp³-hybridized carbons (Fsp3) is 0.455. The molecule has 0 rings (SSSR count). The van der Waals surface area contributed by atoms with E-state index in [0.717, 1.165) is 6.92 Å². The summed E-state index contributed by atoms with van der Waals surface area (Å²) in [5.74, 6) is -1.93. The second kappa shape index (κ2) is 6.22. The molecule has 0 N–H and O–H groups in total. The van der Waals surface area contributed by atoms with Crippen LogP contribution in [0.15, 0.2) is 23.3 Å². The zero-order valence-electron chi connectivity index (χ0n) is 9.72. The molecule has 0 saturated heterocycles. The lowest BCUT2D eigenvalue weighted by molar-refractivity contribution is -0.154. The molecule has 6 heteroatoms. The van der Waals surface area contributed by atoms with Gasteiger partial charge in [-0.1, -0.05) is 12.2 Å². The SMILES string of the molecule is CC=C(C)C(=O)OC(=O)C(C)=CCC(F)(F)F. The Kier molecular flexibility index (Phi) is 5.64. The second-order valence-electron chi connectivity index (χ2n) is 3.36. The molecule has 0 spiro atoms. The van der Waals surface area contributed by atoms with Crippen LogP contribution in [0.4, 0.5) is 13.2 Å². The highest BCUT2D eigenvalue weighted by molar-refractivity contribution is 6.01. The molecule has 0 fully saturated rings. The molecule has 0 radical (unpaired) electrons. The van der Waals surface area contributed by atoms with Crippen molar-refractivity contribution in [3.63, 3.8) is 0 Å². The average molecular weight is 250 g/mol. The molecule has 0 aliphatic carbocycles. The average Bonchev–Trinajstić information content (AvgIpc) is 2.23. The van der Waals surface area contributed by atoms with Gasteiger partial charge in [-0.2, -0.15) is 13.2 Å². The first kappa shape index (κ1) is 15.4. The summed E-state index contributed by atoms with van der Waals surface area (Å²) in [4.78, 5) is 22.3. The Morgan fingerprint density at radius 2 is 1.59 bits per heavy atom. The smallest absolute Gasteiger partial charge is 0.386 e. The third-order valence-electron chi connectivity index (χ3n) is 1.90. The molecule has 17 heavy (non-hydrogen) atoms. The first-order valence-corrected chi connectivity index (χ1v) is 4.80. The predicted octanol–water partition coefficient (Wildman–Crippen LogP) is 2.92. The van der Waals surface area contributed by atoms with Crippen LogP contribution in [0, 0.1) is 0 Å². The number of allylic oxidation sites excluding steroid dienone is 2. The molecular weight excluding hydrogens is 237 g/mol. The molecule has 0 heterocycles. The Labute approximate surface area is 96.9 Å². The standard InChI is InChI=1S/C11H13F3O3/c1-4-7(2)9(15)17-10(16)8(3)5-6-11(12,13)14/h4-5H,6H2,1-3H3. The Hall–Kier alpha value is -1.59. The number of esters is 2. The zero-order valence-corrected chi connectivity index (χ0v) is 9.72. The van der Waals surface area contributed by atoms with Gasteiger partial charge in [0.25, 0.3) is 0 Å². The second-order valence-corrected chi connectivity index (χ2v) is 3.36. The van der Waals surface area contributed by atoms with Crippen LogP contribution in [-0.2, 0) is 14.3 Å². The molecule has 0 aromatic rings. The van der Waals surface area contributed by atoms with Gasteiger partial charge in [0.1, 0.15) is 0 Å². The van der Waals surface area contributed by atoms with Crippen molar-refractivity contribution >= 4 is 11.9 Å². The summed E-state index contributed by atoms with van der Waals surface area (Å²) in [6, 6.07) is 0. The van der Waals surface area contributed by atoms with Crippen LogP contribution < -0.4 is 0 Å². The summed E-state index contributed by atoms with van der Waals surface area (Å²) in [5.41, 5.74) is -0.0402. The number of hydrogen-bond donors (Lipinski definition) is 0. The topological polar surface area (TPSA) is 43.4 Å². The van der Waals surface area contributed by atoms with Gasteiger partial charge in [-0.25, -0.2) is 9.59 Å². The minimum Gasteiger partial charge on any atom is -0.386 e. The molecular formula is C11H13F3O3. The molecule has 0 atom stereocenters. The third kappa shape index (κ3) is 6.55. The minimum atomic E-state index is -4.38. The van der Waals surface area contributed by atoms with Crippen LogP contribution in [0.5, 0.6) is 0 Å². The van der Waals surface area contributed by atoms with E-state index in [4.69, 9.17) is 0 Å². The molecule has 96 valence electrons. The van der Waals surface area contributed by atoms with Crippen molar-refractivity contribution in [2.75, 3.05) is 0 Å². The van der Waals surface area contributed by atoms with E-state index in [2.05, 4.69) is 4.74 Å². The van der Waals surface area contributed by atoms with Crippen molar-refractivity contribution < 1.29 is 27.5 Å². The quantitative estimate of drug-likeness (QED) is 0.439. The maximum absolute atomic E-state index is 11.9. The van der Waals surface area contributed by atoms with E-state index in [9.17, 15) is 22.8 Å². The van der Waals surface area contributed by atoms with E-state index < -0.39 is 24.5 Å². The van der Waals surface area contributed by atoms with Gasteiger partial charge >= 0.3 is 18.1 Å². The van der Waals surface area contributed by atoms with E-state index in [0.29, 0.717) is 6.08 Å². The van der Waals surface area contributed by atoms with Crippen LogP contribution in [0.25, 0.3) is 0 Å². The highest BCUT2D eigenvalue weighted by Crippen LogP contribution is 2.20. The molecule has 0 unspecified atom stereocenters. The van der Waals surface area contributed by atoms with Gasteiger partial charge in [-0.05, 0) is 20.8 Å². The lowest BCUT2D eigenvalue weighted by atomic mass is 10.2. The van der Waals surface area contributed by atoms with Crippen molar-refractivity contribution in [2.45, 2.75) is 33.4 Å². The summed E-state index contributed by atoms with van der Waals surface area (Å²) in [6.07, 6.45) is -3.50. The lowest BCUT2D eigenvalue weighted by Gasteiger charge is -2.04. The maximum Gasteiger partial charge on any atom is 0.392 e. The monoisotopic (exact) mass is 250 g/mol. The number of rotatable bonds is 3. The number of carbonyl (C=O) groups excluding carboxylic acids is 2. The van der Waals surface area contributed by atoms with Gasteiger partial charge in [0.15, 0.2) is 0 Å². The van der Waals surface area contributed by atoms with Crippen LogP contribution in [0.2, 0.25) is 0 Å². The third-order valence-corrected chi connectivity index (χ3v) is 1.90. The van der Waals surface area contributed by atoms with Gasteiger partial charge < -0.3 is 4.74 Å². The van der Waals surface area contributed by atoms with Gasteiger partial charge in [0, 0.05) is 11.1 Å². The molecule has 0 aliphatic heterocycles. The van der Waals surface area contributed by atoms with Gasteiger partial charge in [0.05, 0.1) is 6.42 Å². The number of ether oxygens (including phenoxy) is 1. The van der Waals surface area contributed by atoms with Crippen LogP contribution in [0.1, 0.15) is 27.2 Å². The van der Waals surface area contributed by atoms with Crippen molar-refractivity contribution in [1.29, 1.82) is 0 Å². The van der Waals surface area contributed by atoms with E-state index in [1.165, 1.54) is 13.0 Å². The maximum atomic E-state index is 11.9. The Bertz CT molecular complexity index is 365. The molecule has 3 nitrogen and oxygen atoms in total. The van der Waals surface area contributed by atoms with Gasteiger partial charge in [-0.15, -0.1) is 0 Å². The first-order chi connectivity index (χ1) is 7.67. The number of alkyl halides is 3. The first-order valence-electron chi connectivity index (χ1n) is 4.80. The van der Waals surface area contributed by atoms with E-state index in [1.54, 1.807) is 6.92 Å². The van der Waals surface area contributed by atoms with Crippen LogP contribution >= 0.6 is 0 Å². The molecule has 0 amide bonds. The van der Waals surface area contributed by atoms with Crippen molar-refractivity contribution in [2.24, 2.45) is 0 Å². The highest BCUT2D eigenvalue weighted by atomic mass is 19.4. The van der Waals surface area contributed by atoms with E-state index >= 15 is 0 Å². The largest absolute Gasteiger partial charge is 0.392 e. The van der Waals surface area contributed by atoms with Crippen molar-refractivity contribution in [3.05, 3.63) is 23.3 Å². The summed E-state index contributed by atoms with van der Waals surface area (Å²) in [7, 11) is 0. The Balaban J connectivity index is 4.48. The summed E-state index contributed by atoms with van der Waals surface area (Å²) in [5, 5.41) is 0. The fourth-order valence-electron chi connectivity index (χ4n) is 0.715. The number of carbonyl (C=O) groups is 2. The van der Waals surface area contributed by atoms with E-state index in [-0.39, 0.29) is 11.1 Å². The lowest BCUT2D eigenvalue weighted by Crippen LogP contribution is -2.14. The molecule has 0 aliphatic rings. The normalized spacial score (nSPS) is 13.5. The number of halogens is 3. The molecule has 0 aromatic carbocycles.